The highest BCUT2D eigenvalue weighted by atomic mass is 16.7. The minimum absolute atomic E-state index is 0.221. The average molecular weight is 399 g/mol. The molecule has 0 atom stereocenters. The zero-order valence-corrected chi connectivity index (χ0v) is 18.3. The van der Waals surface area contributed by atoms with Gasteiger partial charge in [-0.2, -0.15) is 5.10 Å². The number of fused-ring (bicyclic) bond motifs is 1. The van der Waals surface area contributed by atoms with Gasteiger partial charge in [-0.15, -0.1) is 0 Å². The fourth-order valence-electron chi connectivity index (χ4n) is 2.96. The number of nitrogens with zero attached hydrogens (tertiary/aromatic N) is 1. The Kier molecular flexibility index (Phi) is 5.53. The third-order valence-corrected chi connectivity index (χ3v) is 5.21. The summed E-state index contributed by atoms with van der Waals surface area (Å²) >= 11 is 0. The molecule has 0 unspecified atom stereocenters. The molecular weight excluding hydrogens is 369 g/mol. The van der Waals surface area contributed by atoms with Crippen LogP contribution < -0.4 is 5.32 Å². The van der Waals surface area contributed by atoms with E-state index in [2.05, 4.69) is 15.5 Å². The standard InChI is InChI=1S/C21H30BN3O4/c1-19(2,3)27-18(26)23-13-14(22-28-20(4,5)21(6,7)29-22)12-17-15-10-8-9-11-16(15)24-25-17/h8-12H,13H2,1-7H3,(H,23,26)(H,24,25). The van der Waals surface area contributed by atoms with Gasteiger partial charge in [-0.25, -0.2) is 4.79 Å². The number of hydrogen-bond donors (Lipinski definition) is 2. The normalized spacial score (nSPS) is 18.9. The van der Waals surface area contributed by atoms with Crippen molar-refractivity contribution in [2.75, 3.05) is 6.54 Å². The van der Waals surface area contributed by atoms with E-state index in [0.29, 0.717) is 0 Å². The van der Waals surface area contributed by atoms with Gasteiger partial charge in [0.2, 0.25) is 0 Å². The van der Waals surface area contributed by atoms with Crippen LogP contribution in [-0.2, 0) is 14.0 Å². The van der Waals surface area contributed by atoms with Crippen LogP contribution in [0.5, 0.6) is 0 Å². The molecule has 1 fully saturated rings. The molecule has 1 aromatic heterocycles. The number of carbonyl (C=O) groups is 1. The summed E-state index contributed by atoms with van der Waals surface area (Å²) in [7, 11) is -0.600. The van der Waals surface area contributed by atoms with E-state index in [-0.39, 0.29) is 6.54 Å². The van der Waals surface area contributed by atoms with Gasteiger partial charge in [0.15, 0.2) is 0 Å². The number of benzene rings is 1. The summed E-state index contributed by atoms with van der Waals surface area (Å²) in [5.74, 6) is 0. The lowest BCUT2D eigenvalue weighted by Gasteiger charge is -2.32. The predicted octanol–water partition coefficient (Wildman–Crippen LogP) is 4.10. The molecule has 156 valence electrons. The molecule has 8 heteroatoms. The molecule has 29 heavy (non-hydrogen) atoms. The highest BCUT2D eigenvalue weighted by molar-refractivity contribution is 6.56. The number of aromatic nitrogens is 2. The number of aromatic amines is 1. The van der Waals surface area contributed by atoms with Crippen LogP contribution in [0.25, 0.3) is 17.0 Å². The highest BCUT2D eigenvalue weighted by Crippen LogP contribution is 2.38. The number of rotatable bonds is 4. The Balaban J connectivity index is 1.89. The number of carbonyl (C=O) groups excluding carboxylic acids is 1. The molecular formula is C21H30BN3O4. The molecule has 1 amide bonds. The summed E-state index contributed by atoms with van der Waals surface area (Å²) in [5.41, 5.74) is 0.919. The van der Waals surface area contributed by atoms with Crippen LogP contribution in [0.1, 0.15) is 54.2 Å². The maximum Gasteiger partial charge on any atom is 0.492 e. The Morgan fingerprint density at radius 3 is 2.45 bits per heavy atom. The van der Waals surface area contributed by atoms with Crippen LogP contribution in [0, 0.1) is 0 Å². The predicted molar refractivity (Wildman–Crippen MR) is 114 cm³/mol. The molecule has 0 saturated carbocycles. The van der Waals surface area contributed by atoms with Crippen LogP contribution in [0.2, 0.25) is 0 Å². The fraction of sp³-hybridized carbons (Fsp3) is 0.524. The molecule has 1 saturated heterocycles. The first-order chi connectivity index (χ1) is 13.4. The van der Waals surface area contributed by atoms with E-state index in [1.165, 1.54) is 0 Å². The highest BCUT2D eigenvalue weighted by Gasteiger charge is 2.52. The second-order valence-electron chi connectivity index (χ2n) is 9.32. The maximum absolute atomic E-state index is 12.2. The summed E-state index contributed by atoms with van der Waals surface area (Å²) in [4.78, 5) is 12.2. The quantitative estimate of drug-likeness (QED) is 0.756. The van der Waals surface area contributed by atoms with Crippen molar-refractivity contribution in [3.05, 3.63) is 35.4 Å². The van der Waals surface area contributed by atoms with Gasteiger partial charge in [-0.1, -0.05) is 18.2 Å². The third-order valence-electron chi connectivity index (χ3n) is 5.21. The van der Waals surface area contributed by atoms with Crippen molar-refractivity contribution in [1.82, 2.24) is 15.5 Å². The van der Waals surface area contributed by atoms with E-state index < -0.39 is 30.0 Å². The van der Waals surface area contributed by atoms with Crippen molar-refractivity contribution < 1.29 is 18.8 Å². The Hall–Kier alpha value is -2.32. The van der Waals surface area contributed by atoms with Crippen molar-refractivity contribution in [2.24, 2.45) is 0 Å². The molecule has 0 spiro atoms. The molecule has 3 rings (SSSR count). The Labute approximate surface area is 172 Å². The van der Waals surface area contributed by atoms with Gasteiger partial charge in [-0.3, -0.25) is 5.10 Å². The summed E-state index contributed by atoms with van der Waals surface area (Å²) in [6, 6.07) is 7.84. The van der Waals surface area contributed by atoms with Crippen molar-refractivity contribution >= 4 is 30.2 Å². The van der Waals surface area contributed by atoms with Crippen molar-refractivity contribution in [3.8, 4) is 0 Å². The minimum atomic E-state index is -0.600. The topological polar surface area (TPSA) is 85.5 Å². The lowest BCUT2D eigenvalue weighted by atomic mass is 9.77. The Morgan fingerprint density at radius 1 is 1.21 bits per heavy atom. The first-order valence-electron chi connectivity index (χ1n) is 9.84. The first-order valence-corrected chi connectivity index (χ1v) is 9.84. The second-order valence-corrected chi connectivity index (χ2v) is 9.32. The van der Waals surface area contributed by atoms with Gasteiger partial charge in [0.25, 0.3) is 0 Å². The van der Waals surface area contributed by atoms with E-state index in [4.69, 9.17) is 14.0 Å². The number of para-hydroxylation sites is 1. The van der Waals surface area contributed by atoms with E-state index in [1.54, 1.807) is 0 Å². The zero-order chi connectivity index (χ0) is 21.4. The Morgan fingerprint density at radius 2 is 1.83 bits per heavy atom. The van der Waals surface area contributed by atoms with Gasteiger partial charge in [-0.05, 0) is 66.1 Å². The lowest BCUT2D eigenvalue weighted by molar-refractivity contribution is 0.00578. The van der Waals surface area contributed by atoms with E-state index in [1.807, 2.05) is 78.8 Å². The number of H-pyrrole nitrogens is 1. The molecule has 1 aliphatic heterocycles. The molecule has 7 nitrogen and oxygen atoms in total. The molecule has 1 aliphatic rings. The minimum Gasteiger partial charge on any atom is -0.444 e. The molecule has 2 heterocycles. The van der Waals surface area contributed by atoms with Gasteiger partial charge < -0.3 is 19.4 Å². The van der Waals surface area contributed by atoms with Crippen LogP contribution in [0.3, 0.4) is 0 Å². The largest absolute Gasteiger partial charge is 0.492 e. The van der Waals surface area contributed by atoms with Gasteiger partial charge in [0.1, 0.15) is 5.60 Å². The summed E-state index contributed by atoms with van der Waals surface area (Å²) in [5, 5.41) is 11.2. The molecule has 0 radical (unpaired) electrons. The van der Waals surface area contributed by atoms with Crippen LogP contribution in [0.4, 0.5) is 4.79 Å². The van der Waals surface area contributed by atoms with E-state index in [9.17, 15) is 4.79 Å². The molecule has 0 bridgehead atoms. The van der Waals surface area contributed by atoms with Crippen LogP contribution in [-0.4, -0.2) is 46.8 Å². The monoisotopic (exact) mass is 399 g/mol. The zero-order valence-electron chi connectivity index (χ0n) is 18.3. The smallest absolute Gasteiger partial charge is 0.444 e. The van der Waals surface area contributed by atoms with Crippen molar-refractivity contribution in [1.29, 1.82) is 0 Å². The summed E-state index contributed by atoms with van der Waals surface area (Å²) in [6.07, 6.45) is 1.43. The Bertz CT molecular complexity index is 911. The SMILES string of the molecule is CC(C)(C)OC(=O)NCC(=Cc1[nH]nc2ccccc12)B1OC(C)(C)C(C)(C)O1. The number of ether oxygens (including phenoxy) is 1. The average Bonchev–Trinajstić information content (AvgIpc) is 3.08. The number of hydrogen-bond acceptors (Lipinski definition) is 5. The van der Waals surface area contributed by atoms with E-state index in [0.717, 1.165) is 22.1 Å². The fourth-order valence-corrected chi connectivity index (χ4v) is 2.96. The first kappa shape index (κ1) is 21.4. The van der Waals surface area contributed by atoms with Crippen LogP contribution in [0.15, 0.2) is 29.7 Å². The van der Waals surface area contributed by atoms with Gasteiger partial charge in [0.05, 0.1) is 22.4 Å². The number of nitrogens with one attached hydrogen (secondary N) is 2. The van der Waals surface area contributed by atoms with Gasteiger partial charge in [0, 0.05) is 11.9 Å². The molecule has 2 N–H and O–H groups in total. The molecule has 0 aliphatic carbocycles. The van der Waals surface area contributed by atoms with Crippen LogP contribution >= 0.6 is 0 Å². The van der Waals surface area contributed by atoms with Crippen molar-refractivity contribution in [3.63, 3.8) is 0 Å². The number of amides is 1. The molecule has 1 aromatic carbocycles. The van der Waals surface area contributed by atoms with E-state index >= 15 is 0 Å². The van der Waals surface area contributed by atoms with Crippen molar-refractivity contribution in [2.45, 2.75) is 65.3 Å². The summed E-state index contributed by atoms with van der Waals surface area (Å²) in [6.45, 7) is 13.7. The number of alkyl carbamates (subject to hydrolysis) is 1. The summed E-state index contributed by atoms with van der Waals surface area (Å²) < 4.78 is 17.8. The molecule has 2 aromatic rings. The lowest BCUT2D eigenvalue weighted by Crippen LogP contribution is -2.41. The second kappa shape index (κ2) is 7.50. The maximum atomic E-state index is 12.2. The third kappa shape index (κ3) is 4.82. The van der Waals surface area contributed by atoms with Gasteiger partial charge >= 0.3 is 13.2 Å².